The molecular formula is C14H28N2O2. The van der Waals surface area contributed by atoms with Gasteiger partial charge in [0.2, 0.25) is 0 Å². The van der Waals surface area contributed by atoms with E-state index in [9.17, 15) is 5.11 Å². The second-order valence-corrected chi connectivity index (χ2v) is 6.77. The summed E-state index contributed by atoms with van der Waals surface area (Å²) in [6, 6.07) is 0. The molecule has 4 heteroatoms. The smallest absolute Gasteiger partial charge is 0.0817 e. The van der Waals surface area contributed by atoms with Gasteiger partial charge in [0.1, 0.15) is 0 Å². The van der Waals surface area contributed by atoms with Crippen LogP contribution in [0.1, 0.15) is 33.6 Å². The molecule has 2 heterocycles. The van der Waals surface area contributed by atoms with Gasteiger partial charge in [0.25, 0.3) is 0 Å². The summed E-state index contributed by atoms with van der Waals surface area (Å²) in [6.45, 7) is 13.4. The minimum atomic E-state index is -0.512. The number of rotatable bonds is 2. The van der Waals surface area contributed by atoms with Gasteiger partial charge in [0, 0.05) is 64.3 Å². The Balaban J connectivity index is 1.79. The highest BCUT2D eigenvalue weighted by Crippen LogP contribution is 2.23. The minimum Gasteiger partial charge on any atom is -0.388 e. The van der Waals surface area contributed by atoms with Crippen LogP contribution in [0.3, 0.4) is 0 Å². The summed E-state index contributed by atoms with van der Waals surface area (Å²) in [7, 11) is 0. The van der Waals surface area contributed by atoms with Crippen molar-refractivity contribution in [2.24, 2.45) is 0 Å². The largest absolute Gasteiger partial charge is 0.388 e. The molecule has 106 valence electrons. The van der Waals surface area contributed by atoms with E-state index in [1.165, 1.54) is 0 Å². The highest BCUT2D eigenvalue weighted by molar-refractivity contribution is 4.88. The SMILES string of the molecule is CC(C)(C)N1CCN(CC2(O)CCOCC2)CC1. The van der Waals surface area contributed by atoms with Crippen LogP contribution in [-0.4, -0.2) is 72.0 Å². The topological polar surface area (TPSA) is 35.9 Å². The van der Waals surface area contributed by atoms with E-state index in [1.54, 1.807) is 0 Å². The van der Waals surface area contributed by atoms with Gasteiger partial charge in [-0.05, 0) is 20.8 Å². The second-order valence-electron chi connectivity index (χ2n) is 6.77. The molecule has 0 aromatic carbocycles. The molecule has 0 spiro atoms. The number of hydrogen-bond donors (Lipinski definition) is 1. The summed E-state index contributed by atoms with van der Waals surface area (Å²) in [4.78, 5) is 4.94. The van der Waals surface area contributed by atoms with Gasteiger partial charge in [-0.1, -0.05) is 0 Å². The molecule has 2 saturated heterocycles. The van der Waals surface area contributed by atoms with Crippen molar-refractivity contribution in [3.63, 3.8) is 0 Å². The Morgan fingerprint density at radius 3 is 2.11 bits per heavy atom. The van der Waals surface area contributed by atoms with Crippen molar-refractivity contribution in [1.29, 1.82) is 0 Å². The molecule has 2 aliphatic rings. The number of β-amino-alcohol motifs (C(OH)–C–C–N with tert-alkyl or cyclic N) is 1. The summed E-state index contributed by atoms with van der Waals surface area (Å²) in [5.74, 6) is 0. The lowest BCUT2D eigenvalue weighted by Crippen LogP contribution is -2.56. The molecule has 0 saturated carbocycles. The van der Waals surface area contributed by atoms with Gasteiger partial charge < -0.3 is 9.84 Å². The maximum Gasteiger partial charge on any atom is 0.0817 e. The van der Waals surface area contributed by atoms with E-state index < -0.39 is 5.60 Å². The number of hydrogen-bond acceptors (Lipinski definition) is 4. The second kappa shape index (κ2) is 5.45. The highest BCUT2D eigenvalue weighted by Gasteiger charge is 2.34. The summed E-state index contributed by atoms with van der Waals surface area (Å²) in [5, 5.41) is 10.5. The van der Waals surface area contributed by atoms with Crippen LogP contribution in [0.2, 0.25) is 0 Å². The van der Waals surface area contributed by atoms with E-state index in [1.807, 2.05) is 0 Å². The molecule has 0 aliphatic carbocycles. The Morgan fingerprint density at radius 2 is 1.61 bits per heavy atom. The lowest BCUT2D eigenvalue weighted by molar-refractivity contribution is -0.0864. The number of piperazine rings is 1. The van der Waals surface area contributed by atoms with Gasteiger partial charge in [-0.25, -0.2) is 0 Å². The van der Waals surface area contributed by atoms with Crippen LogP contribution in [0, 0.1) is 0 Å². The maximum atomic E-state index is 10.5. The van der Waals surface area contributed by atoms with Gasteiger partial charge in [-0.15, -0.1) is 0 Å². The van der Waals surface area contributed by atoms with Crippen LogP contribution in [0.25, 0.3) is 0 Å². The maximum absolute atomic E-state index is 10.5. The van der Waals surface area contributed by atoms with Crippen LogP contribution in [0.5, 0.6) is 0 Å². The quantitative estimate of drug-likeness (QED) is 0.798. The predicted octanol–water partition coefficient (Wildman–Crippen LogP) is 0.944. The fourth-order valence-electron chi connectivity index (χ4n) is 2.90. The lowest BCUT2D eigenvalue weighted by Gasteiger charge is -2.44. The Bertz CT molecular complexity index is 261. The molecule has 0 radical (unpaired) electrons. The van der Waals surface area contributed by atoms with Crippen LogP contribution < -0.4 is 0 Å². The van der Waals surface area contributed by atoms with Crippen molar-refractivity contribution in [2.75, 3.05) is 45.9 Å². The lowest BCUT2D eigenvalue weighted by atomic mass is 9.93. The molecule has 0 aromatic heterocycles. The van der Waals surface area contributed by atoms with Crippen LogP contribution in [-0.2, 0) is 4.74 Å². The average molecular weight is 256 g/mol. The van der Waals surface area contributed by atoms with Crippen molar-refractivity contribution in [2.45, 2.75) is 44.8 Å². The molecule has 4 nitrogen and oxygen atoms in total. The Hall–Kier alpha value is -0.160. The Kier molecular flexibility index (Phi) is 4.32. The van der Waals surface area contributed by atoms with Crippen LogP contribution in [0.4, 0.5) is 0 Å². The summed E-state index contributed by atoms with van der Waals surface area (Å²) < 4.78 is 5.33. The van der Waals surface area contributed by atoms with Crippen molar-refractivity contribution < 1.29 is 9.84 Å². The Morgan fingerprint density at radius 1 is 1.06 bits per heavy atom. The van der Waals surface area contributed by atoms with Gasteiger partial charge in [-0.3, -0.25) is 9.80 Å². The molecule has 2 rings (SSSR count). The van der Waals surface area contributed by atoms with Crippen molar-refractivity contribution in [1.82, 2.24) is 9.80 Å². The molecule has 0 amide bonds. The van der Waals surface area contributed by atoms with E-state index in [-0.39, 0.29) is 5.54 Å². The number of nitrogens with zero attached hydrogens (tertiary/aromatic N) is 2. The van der Waals surface area contributed by atoms with Gasteiger partial charge in [0.15, 0.2) is 0 Å². The third kappa shape index (κ3) is 3.67. The molecule has 2 fully saturated rings. The highest BCUT2D eigenvalue weighted by atomic mass is 16.5. The Labute approximate surface area is 111 Å². The van der Waals surface area contributed by atoms with Gasteiger partial charge in [0.05, 0.1) is 5.60 Å². The van der Waals surface area contributed by atoms with Crippen molar-refractivity contribution in [3.05, 3.63) is 0 Å². The third-order valence-electron chi connectivity index (χ3n) is 4.26. The molecular weight excluding hydrogens is 228 g/mol. The minimum absolute atomic E-state index is 0.266. The fraction of sp³-hybridized carbons (Fsp3) is 1.00. The average Bonchev–Trinajstić information content (AvgIpc) is 2.29. The van der Waals surface area contributed by atoms with E-state index in [0.29, 0.717) is 13.2 Å². The number of ether oxygens (including phenoxy) is 1. The molecule has 0 unspecified atom stereocenters. The van der Waals surface area contributed by atoms with Crippen LogP contribution in [0.15, 0.2) is 0 Å². The zero-order chi connectivity index (χ0) is 13.2. The first-order valence-electron chi connectivity index (χ1n) is 7.17. The van der Waals surface area contributed by atoms with E-state index in [0.717, 1.165) is 45.6 Å². The predicted molar refractivity (Wildman–Crippen MR) is 72.8 cm³/mol. The third-order valence-corrected chi connectivity index (χ3v) is 4.26. The normalized spacial score (nSPS) is 27.3. The first-order chi connectivity index (χ1) is 8.39. The van der Waals surface area contributed by atoms with E-state index in [2.05, 4.69) is 30.6 Å². The number of aliphatic hydroxyl groups is 1. The molecule has 0 aromatic rings. The summed E-state index contributed by atoms with van der Waals surface area (Å²) in [5.41, 5.74) is -0.246. The molecule has 2 aliphatic heterocycles. The standard InChI is InChI=1S/C14H28N2O2/c1-13(2,3)16-8-6-15(7-9-16)12-14(17)4-10-18-11-5-14/h17H,4-12H2,1-3H3. The van der Waals surface area contributed by atoms with E-state index in [4.69, 9.17) is 4.74 Å². The molecule has 0 atom stereocenters. The first kappa shape index (κ1) is 14.3. The zero-order valence-electron chi connectivity index (χ0n) is 12.1. The van der Waals surface area contributed by atoms with E-state index >= 15 is 0 Å². The van der Waals surface area contributed by atoms with Crippen molar-refractivity contribution >= 4 is 0 Å². The van der Waals surface area contributed by atoms with Crippen molar-refractivity contribution in [3.8, 4) is 0 Å². The summed E-state index contributed by atoms with van der Waals surface area (Å²) >= 11 is 0. The van der Waals surface area contributed by atoms with Crippen LogP contribution >= 0.6 is 0 Å². The molecule has 0 bridgehead atoms. The molecule has 1 N–H and O–H groups in total. The first-order valence-corrected chi connectivity index (χ1v) is 7.17. The monoisotopic (exact) mass is 256 g/mol. The van der Waals surface area contributed by atoms with Gasteiger partial charge >= 0.3 is 0 Å². The summed E-state index contributed by atoms with van der Waals surface area (Å²) in [6.07, 6.45) is 1.57. The zero-order valence-corrected chi connectivity index (χ0v) is 12.1. The molecule has 18 heavy (non-hydrogen) atoms. The van der Waals surface area contributed by atoms with Gasteiger partial charge in [-0.2, -0.15) is 0 Å². The fourth-order valence-corrected chi connectivity index (χ4v) is 2.90.